The topological polar surface area (TPSA) is 12.0 Å². The predicted octanol–water partition coefficient (Wildman–Crippen LogP) is 2.82. The van der Waals surface area contributed by atoms with E-state index in [9.17, 15) is 13.2 Å². The molecule has 0 spiro atoms. The third-order valence-electron chi connectivity index (χ3n) is 2.68. The molecule has 0 atom stereocenters. The summed E-state index contributed by atoms with van der Waals surface area (Å²) >= 11 is 0. The van der Waals surface area contributed by atoms with Crippen molar-refractivity contribution < 1.29 is 13.2 Å². The fourth-order valence-electron chi connectivity index (χ4n) is 1.75. The zero-order chi connectivity index (χ0) is 10.8. The molecule has 0 aromatic carbocycles. The molecule has 4 heteroatoms. The summed E-state index contributed by atoms with van der Waals surface area (Å²) in [6.45, 7) is 5.82. The Hall–Kier alpha value is -0.250. The highest BCUT2D eigenvalue weighted by atomic mass is 19.4. The average molecular weight is 209 g/mol. The van der Waals surface area contributed by atoms with Gasteiger partial charge in [-0.2, -0.15) is 13.2 Å². The van der Waals surface area contributed by atoms with Crippen molar-refractivity contribution in [1.82, 2.24) is 5.32 Å². The molecule has 1 fully saturated rings. The summed E-state index contributed by atoms with van der Waals surface area (Å²) in [5.74, 6) is -0.234. The van der Waals surface area contributed by atoms with Crippen LogP contribution in [0.4, 0.5) is 13.2 Å². The second-order valence-corrected chi connectivity index (χ2v) is 4.63. The van der Waals surface area contributed by atoms with Gasteiger partial charge in [-0.15, -0.1) is 0 Å². The van der Waals surface area contributed by atoms with Gasteiger partial charge >= 0.3 is 6.18 Å². The van der Waals surface area contributed by atoms with Crippen molar-refractivity contribution in [2.45, 2.75) is 32.9 Å². The zero-order valence-corrected chi connectivity index (χ0v) is 8.69. The average Bonchev–Trinajstić information content (AvgIpc) is 1.90. The number of rotatable bonds is 4. The maximum Gasteiger partial charge on any atom is 0.391 e. The highest BCUT2D eigenvalue weighted by Gasteiger charge is 2.47. The predicted molar refractivity (Wildman–Crippen MR) is 50.0 cm³/mol. The first kappa shape index (κ1) is 11.8. The van der Waals surface area contributed by atoms with E-state index in [2.05, 4.69) is 19.2 Å². The molecule has 0 unspecified atom stereocenters. The van der Waals surface area contributed by atoms with Gasteiger partial charge < -0.3 is 5.32 Å². The monoisotopic (exact) mass is 209 g/mol. The molecule has 0 aromatic rings. The van der Waals surface area contributed by atoms with Crippen molar-refractivity contribution in [3.8, 4) is 0 Å². The van der Waals surface area contributed by atoms with Gasteiger partial charge in [-0.25, -0.2) is 0 Å². The molecule has 1 nitrogen and oxygen atoms in total. The Morgan fingerprint density at radius 3 is 2.29 bits per heavy atom. The normalized spacial score (nSPS) is 27.9. The van der Waals surface area contributed by atoms with Crippen LogP contribution in [0.15, 0.2) is 0 Å². The largest absolute Gasteiger partial charge is 0.391 e. The third kappa shape index (κ3) is 3.48. The Morgan fingerprint density at radius 1 is 1.29 bits per heavy atom. The van der Waals surface area contributed by atoms with Crippen LogP contribution in [0.3, 0.4) is 0 Å². The molecule has 0 radical (unpaired) electrons. The molecule has 0 aliphatic heterocycles. The van der Waals surface area contributed by atoms with Gasteiger partial charge in [0, 0.05) is 0 Å². The molecule has 1 saturated carbocycles. The first-order valence-electron chi connectivity index (χ1n) is 5.17. The molecule has 0 amide bonds. The lowest BCUT2D eigenvalue weighted by Crippen LogP contribution is -2.40. The maximum atomic E-state index is 12.1. The number of nitrogens with one attached hydrogen (secondary N) is 1. The molecule has 84 valence electrons. The lowest BCUT2D eigenvalue weighted by atomic mass is 9.74. The fraction of sp³-hybridized carbons (Fsp3) is 1.00. The molecule has 14 heavy (non-hydrogen) atoms. The van der Waals surface area contributed by atoms with Crippen LogP contribution in [0.2, 0.25) is 0 Å². The summed E-state index contributed by atoms with van der Waals surface area (Å²) in [5, 5.41) is 3.19. The molecular weight excluding hydrogens is 191 g/mol. The molecule has 1 rings (SSSR count). The van der Waals surface area contributed by atoms with E-state index in [4.69, 9.17) is 0 Å². The lowest BCUT2D eigenvalue weighted by Gasteiger charge is -2.36. The van der Waals surface area contributed by atoms with E-state index in [1.165, 1.54) is 0 Å². The fourth-order valence-corrected chi connectivity index (χ4v) is 1.75. The van der Waals surface area contributed by atoms with E-state index in [1.807, 2.05) is 0 Å². The molecule has 1 aliphatic rings. The molecule has 1 aliphatic carbocycles. The van der Waals surface area contributed by atoms with Crippen LogP contribution < -0.4 is 5.32 Å². The van der Waals surface area contributed by atoms with E-state index in [0.29, 0.717) is 18.8 Å². The van der Waals surface area contributed by atoms with Crippen molar-refractivity contribution >= 4 is 0 Å². The van der Waals surface area contributed by atoms with Gasteiger partial charge in [0.2, 0.25) is 0 Å². The van der Waals surface area contributed by atoms with Crippen LogP contribution in [0.25, 0.3) is 0 Å². The van der Waals surface area contributed by atoms with E-state index in [1.54, 1.807) is 0 Å². The molecular formula is C10H18F3N. The molecule has 1 N–H and O–H groups in total. The minimum Gasteiger partial charge on any atom is -0.316 e. The van der Waals surface area contributed by atoms with Gasteiger partial charge in [0.1, 0.15) is 0 Å². The minimum absolute atomic E-state index is 0.236. The Bertz CT molecular complexity index is 171. The van der Waals surface area contributed by atoms with Gasteiger partial charge in [-0.1, -0.05) is 13.8 Å². The summed E-state index contributed by atoms with van der Waals surface area (Å²) in [6.07, 6.45) is -3.34. The molecule has 0 saturated heterocycles. The SMILES string of the molecule is CC(C)CNCC1CC(C(F)(F)F)C1. The van der Waals surface area contributed by atoms with Crippen molar-refractivity contribution in [2.75, 3.05) is 13.1 Å². The van der Waals surface area contributed by atoms with Crippen molar-refractivity contribution in [3.05, 3.63) is 0 Å². The molecule has 0 bridgehead atoms. The van der Waals surface area contributed by atoms with E-state index in [0.717, 1.165) is 13.1 Å². The first-order valence-corrected chi connectivity index (χ1v) is 5.17. The Labute approximate surface area is 83.1 Å². The Morgan fingerprint density at radius 2 is 1.86 bits per heavy atom. The summed E-state index contributed by atoms with van der Waals surface area (Å²) in [7, 11) is 0. The first-order chi connectivity index (χ1) is 6.39. The van der Waals surface area contributed by atoms with Crippen LogP contribution in [-0.4, -0.2) is 19.3 Å². The second kappa shape index (κ2) is 4.51. The van der Waals surface area contributed by atoms with Crippen LogP contribution in [-0.2, 0) is 0 Å². The smallest absolute Gasteiger partial charge is 0.316 e. The van der Waals surface area contributed by atoms with Gasteiger partial charge in [0.25, 0.3) is 0 Å². The molecule has 0 aromatic heterocycles. The number of halogens is 3. The quantitative estimate of drug-likeness (QED) is 0.750. The zero-order valence-electron chi connectivity index (χ0n) is 8.69. The van der Waals surface area contributed by atoms with Crippen LogP contribution in [0.5, 0.6) is 0 Å². The maximum absolute atomic E-state index is 12.1. The van der Waals surface area contributed by atoms with Crippen LogP contribution in [0.1, 0.15) is 26.7 Å². The highest BCUT2D eigenvalue weighted by Crippen LogP contribution is 2.44. The van der Waals surface area contributed by atoms with Crippen molar-refractivity contribution in [2.24, 2.45) is 17.8 Å². The van der Waals surface area contributed by atoms with E-state index in [-0.39, 0.29) is 5.92 Å². The number of alkyl halides is 3. The Balaban J connectivity index is 2.05. The van der Waals surface area contributed by atoms with Gasteiger partial charge in [0.15, 0.2) is 0 Å². The lowest BCUT2D eigenvalue weighted by molar-refractivity contribution is -0.204. The second-order valence-electron chi connectivity index (χ2n) is 4.63. The van der Waals surface area contributed by atoms with E-state index >= 15 is 0 Å². The van der Waals surface area contributed by atoms with Gasteiger partial charge in [-0.05, 0) is 37.8 Å². The number of hydrogen-bond acceptors (Lipinski definition) is 1. The van der Waals surface area contributed by atoms with Crippen LogP contribution >= 0.6 is 0 Å². The van der Waals surface area contributed by atoms with E-state index < -0.39 is 12.1 Å². The summed E-state index contributed by atoms with van der Waals surface area (Å²) in [5.41, 5.74) is 0. The summed E-state index contributed by atoms with van der Waals surface area (Å²) < 4.78 is 36.3. The summed E-state index contributed by atoms with van der Waals surface area (Å²) in [6, 6.07) is 0. The van der Waals surface area contributed by atoms with Gasteiger partial charge in [-0.3, -0.25) is 0 Å². The summed E-state index contributed by atoms with van der Waals surface area (Å²) in [4.78, 5) is 0. The third-order valence-corrected chi connectivity index (χ3v) is 2.68. The number of hydrogen-bond donors (Lipinski definition) is 1. The van der Waals surface area contributed by atoms with Gasteiger partial charge in [0.05, 0.1) is 5.92 Å². The van der Waals surface area contributed by atoms with Crippen molar-refractivity contribution in [1.29, 1.82) is 0 Å². The standard InChI is InChI=1S/C10H18F3N/c1-7(2)5-14-6-8-3-9(4-8)10(11,12)13/h7-9,14H,3-6H2,1-2H3. The highest BCUT2D eigenvalue weighted by molar-refractivity contribution is 4.85. The molecule has 0 heterocycles. The van der Waals surface area contributed by atoms with Crippen molar-refractivity contribution in [3.63, 3.8) is 0 Å². The Kier molecular flexibility index (Phi) is 3.81. The minimum atomic E-state index is -3.96. The van der Waals surface area contributed by atoms with Crippen LogP contribution in [0, 0.1) is 17.8 Å².